The first kappa shape index (κ1) is 18.9. The van der Waals surface area contributed by atoms with Crippen molar-refractivity contribution >= 4 is 5.91 Å². The maximum Gasteiger partial charge on any atom is 0.222 e. The van der Waals surface area contributed by atoms with Crippen LogP contribution in [0.2, 0.25) is 0 Å². The highest BCUT2D eigenvalue weighted by atomic mass is 16.2. The van der Waals surface area contributed by atoms with Crippen LogP contribution < -0.4 is 0 Å². The predicted molar refractivity (Wildman–Crippen MR) is 110 cm³/mol. The van der Waals surface area contributed by atoms with Crippen LogP contribution in [0, 0.1) is 5.41 Å². The van der Waals surface area contributed by atoms with Gasteiger partial charge in [0.2, 0.25) is 5.91 Å². The SMILES string of the molecule is CCc1ccc(CN2CCC3(CCC(=O)N(C4CCN(C)C4)C3)CC2)cc1. The molecular weight excluding hydrogens is 334 g/mol. The van der Waals surface area contributed by atoms with Gasteiger partial charge in [0.15, 0.2) is 0 Å². The number of amides is 1. The van der Waals surface area contributed by atoms with Gasteiger partial charge in [-0.2, -0.15) is 0 Å². The van der Waals surface area contributed by atoms with Crippen LogP contribution >= 0.6 is 0 Å². The molecule has 3 fully saturated rings. The van der Waals surface area contributed by atoms with E-state index in [4.69, 9.17) is 0 Å². The van der Waals surface area contributed by atoms with Crippen molar-refractivity contribution in [3.8, 4) is 0 Å². The fourth-order valence-corrected chi connectivity index (χ4v) is 5.28. The molecular formula is C23H35N3O. The smallest absolute Gasteiger partial charge is 0.222 e. The summed E-state index contributed by atoms with van der Waals surface area (Å²) >= 11 is 0. The third-order valence-corrected chi connectivity index (χ3v) is 7.26. The predicted octanol–water partition coefficient (Wildman–Crippen LogP) is 3.16. The molecule has 1 spiro atoms. The quantitative estimate of drug-likeness (QED) is 0.816. The zero-order valence-electron chi connectivity index (χ0n) is 17.1. The highest BCUT2D eigenvalue weighted by molar-refractivity contribution is 5.77. The molecule has 4 heteroatoms. The van der Waals surface area contributed by atoms with Crippen molar-refractivity contribution in [2.45, 2.75) is 58.0 Å². The molecule has 4 rings (SSSR count). The molecule has 1 atom stereocenters. The monoisotopic (exact) mass is 369 g/mol. The topological polar surface area (TPSA) is 26.8 Å². The molecule has 0 saturated carbocycles. The van der Waals surface area contributed by atoms with E-state index in [1.807, 2.05) is 0 Å². The van der Waals surface area contributed by atoms with Gasteiger partial charge in [-0.15, -0.1) is 0 Å². The summed E-state index contributed by atoms with van der Waals surface area (Å²) in [6.45, 7) is 8.80. The lowest BCUT2D eigenvalue weighted by Gasteiger charge is -2.49. The Kier molecular flexibility index (Phi) is 5.56. The lowest BCUT2D eigenvalue weighted by molar-refractivity contribution is -0.142. The zero-order valence-corrected chi connectivity index (χ0v) is 17.1. The Morgan fingerprint density at radius 2 is 1.74 bits per heavy atom. The van der Waals surface area contributed by atoms with E-state index >= 15 is 0 Å². The molecule has 0 bridgehead atoms. The fraction of sp³-hybridized carbons (Fsp3) is 0.696. The first-order valence-electron chi connectivity index (χ1n) is 10.9. The molecule has 0 radical (unpaired) electrons. The number of likely N-dealkylation sites (tertiary alicyclic amines) is 3. The highest BCUT2D eigenvalue weighted by Crippen LogP contribution is 2.41. The summed E-state index contributed by atoms with van der Waals surface area (Å²) in [7, 11) is 2.18. The van der Waals surface area contributed by atoms with E-state index in [2.05, 4.69) is 52.9 Å². The molecule has 0 N–H and O–H groups in total. The molecule has 27 heavy (non-hydrogen) atoms. The lowest BCUT2D eigenvalue weighted by atomic mass is 9.72. The Bertz CT molecular complexity index is 648. The zero-order chi connectivity index (χ0) is 18.9. The maximum atomic E-state index is 12.6. The van der Waals surface area contributed by atoms with E-state index in [9.17, 15) is 4.79 Å². The van der Waals surface area contributed by atoms with Gasteiger partial charge in [0.05, 0.1) is 0 Å². The van der Waals surface area contributed by atoms with Gasteiger partial charge in [0.25, 0.3) is 0 Å². The largest absolute Gasteiger partial charge is 0.338 e. The molecule has 1 amide bonds. The van der Waals surface area contributed by atoms with E-state index in [1.54, 1.807) is 0 Å². The van der Waals surface area contributed by atoms with Crippen LogP contribution in [0.1, 0.15) is 50.2 Å². The minimum Gasteiger partial charge on any atom is -0.338 e. The molecule has 3 aliphatic rings. The first-order chi connectivity index (χ1) is 13.1. The number of benzene rings is 1. The average molecular weight is 370 g/mol. The number of likely N-dealkylation sites (N-methyl/N-ethyl adjacent to an activating group) is 1. The van der Waals surface area contributed by atoms with Gasteiger partial charge in [0, 0.05) is 32.1 Å². The van der Waals surface area contributed by atoms with Gasteiger partial charge >= 0.3 is 0 Å². The molecule has 0 aliphatic carbocycles. The Labute approximate surface area is 164 Å². The van der Waals surface area contributed by atoms with E-state index in [-0.39, 0.29) is 0 Å². The van der Waals surface area contributed by atoms with Gasteiger partial charge in [-0.05, 0) is 75.3 Å². The van der Waals surface area contributed by atoms with E-state index in [0.29, 0.717) is 17.4 Å². The maximum absolute atomic E-state index is 12.6. The number of piperidine rings is 2. The van der Waals surface area contributed by atoms with Crippen molar-refractivity contribution < 1.29 is 4.79 Å². The van der Waals surface area contributed by atoms with Crippen molar-refractivity contribution in [3.63, 3.8) is 0 Å². The van der Waals surface area contributed by atoms with E-state index < -0.39 is 0 Å². The number of nitrogens with zero attached hydrogens (tertiary/aromatic N) is 3. The summed E-state index contributed by atoms with van der Waals surface area (Å²) in [4.78, 5) is 19.8. The van der Waals surface area contributed by atoms with Crippen LogP contribution in [0.4, 0.5) is 0 Å². The third kappa shape index (κ3) is 4.22. The van der Waals surface area contributed by atoms with Crippen molar-refractivity contribution in [1.29, 1.82) is 0 Å². The van der Waals surface area contributed by atoms with Crippen molar-refractivity contribution in [3.05, 3.63) is 35.4 Å². The summed E-state index contributed by atoms with van der Waals surface area (Å²) < 4.78 is 0. The summed E-state index contributed by atoms with van der Waals surface area (Å²) in [6.07, 6.45) is 6.61. The summed E-state index contributed by atoms with van der Waals surface area (Å²) in [6, 6.07) is 9.57. The molecule has 1 aromatic carbocycles. The minimum atomic E-state index is 0.373. The number of rotatable bonds is 4. The summed E-state index contributed by atoms with van der Waals surface area (Å²) in [5, 5.41) is 0. The molecule has 1 aromatic rings. The van der Waals surface area contributed by atoms with Crippen LogP contribution in [-0.2, 0) is 17.8 Å². The molecule has 1 unspecified atom stereocenters. The average Bonchev–Trinajstić information content (AvgIpc) is 3.13. The van der Waals surface area contributed by atoms with Gasteiger partial charge in [-0.3, -0.25) is 9.69 Å². The number of carbonyl (C=O) groups is 1. The molecule has 3 aliphatic heterocycles. The van der Waals surface area contributed by atoms with Gasteiger partial charge in [0.1, 0.15) is 0 Å². The molecule has 3 saturated heterocycles. The van der Waals surface area contributed by atoms with Crippen LogP contribution in [0.5, 0.6) is 0 Å². The van der Waals surface area contributed by atoms with E-state index in [0.717, 1.165) is 51.9 Å². The standard InChI is InChI=1S/C23H35N3O/c1-3-19-4-6-20(7-5-19)16-25-14-11-23(12-15-25)10-8-22(27)26(18-23)21-9-13-24(2)17-21/h4-7,21H,3,8-18H2,1-2H3. The number of carbonyl (C=O) groups excluding carboxylic acids is 1. The van der Waals surface area contributed by atoms with Crippen LogP contribution in [0.15, 0.2) is 24.3 Å². The first-order valence-corrected chi connectivity index (χ1v) is 10.9. The second kappa shape index (κ2) is 7.92. The van der Waals surface area contributed by atoms with Crippen molar-refractivity contribution in [2.75, 3.05) is 39.8 Å². The normalized spacial score (nSPS) is 26.8. The van der Waals surface area contributed by atoms with Crippen LogP contribution in [0.25, 0.3) is 0 Å². The van der Waals surface area contributed by atoms with Crippen LogP contribution in [-0.4, -0.2) is 66.4 Å². The fourth-order valence-electron chi connectivity index (χ4n) is 5.28. The highest BCUT2D eigenvalue weighted by Gasteiger charge is 2.43. The number of hydrogen-bond acceptors (Lipinski definition) is 3. The molecule has 148 valence electrons. The molecule has 3 heterocycles. The summed E-state index contributed by atoms with van der Waals surface area (Å²) in [5.41, 5.74) is 3.22. The summed E-state index contributed by atoms with van der Waals surface area (Å²) in [5.74, 6) is 0.402. The number of hydrogen-bond donors (Lipinski definition) is 0. The number of aryl methyl sites for hydroxylation is 1. The Morgan fingerprint density at radius 3 is 2.37 bits per heavy atom. The molecule has 0 aromatic heterocycles. The van der Waals surface area contributed by atoms with Gasteiger partial charge < -0.3 is 9.80 Å². The Hall–Kier alpha value is -1.39. The Balaban J connectivity index is 1.33. The minimum absolute atomic E-state index is 0.373. The van der Waals surface area contributed by atoms with Gasteiger partial charge in [-0.1, -0.05) is 31.2 Å². The Morgan fingerprint density at radius 1 is 1.04 bits per heavy atom. The third-order valence-electron chi connectivity index (χ3n) is 7.26. The second-order valence-electron chi connectivity index (χ2n) is 9.17. The van der Waals surface area contributed by atoms with Crippen molar-refractivity contribution in [1.82, 2.24) is 14.7 Å². The van der Waals surface area contributed by atoms with E-state index in [1.165, 1.54) is 37.1 Å². The van der Waals surface area contributed by atoms with Crippen LogP contribution in [0.3, 0.4) is 0 Å². The molecule has 4 nitrogen and oxygen atoms in total. The van der Waals surface area contributed by atoms with Gasteiger partial charge in [-0.25, -0.2) is 0 Å². The lowest BCUT2D eigenvalue weighted by Crippen LogP contribution is -2.54. The second-order valence-corrected chi connectivity index (χ2v) is 9.17. The van der Waals surface area contributed by atoms with Crippen molar-refractivity contribution in [2.24, 2.45) is 5.41 Å².